The van der Waals surface area contributed by atoms with Gasteiger partial charge >= 0.3 is 0 Å². The lowest BCUT2D eigenvalue weighted by atomic mass is 10.2. The highest BCUT2D eigenvalue weighted by Crippen LogP contribution is 2.21. The van der Waals surface area contributed by atoms with Crippen LogP contribution in [0.25, 0.3) is 0 Å². The van der Waals surface area contributed by atoms with E-state index in [0.717, 1.165) is 5.69 Å². The van der Waals surface area contributed by atoms with Crippen molar-refractivity contribution in [2.24, 2.45) is 0 Å². The molecule has 0 fully saturated rings. The van der Waals surface area contributed by atoms with Gasteiger partial charge < -0.3 is 10.6 Å². The van der Waals surface area contributed by atoms with Gasteiger partial charge in [-0.1, -0.05) is 23.7 Å². The topological polar surface area (TPSA) is 90.7 Å². The van der Waals surface area contributed by atoms with Crippen LogP contribution in [0.15, 0.2) is 60.9 Å². The maximum atomic E-state index is 12.2. The number of halogens is 1. The fourth-order valence-electron chi connectivity index (χ4n) is 2.02. The van der Waals surface area contributed by atoms with E-state index in [-0.39, 0.29) is 5.91 Å². The van der Waals surface area contributed by atoms with Gasteiger partial charge in [0.05, 0.1) is 27.9 Å². The van der Waals surface area contributed by atoms with Gasteiger partial charge in [0, 0.05) is 18.1 Å². The van der Waals surface area contributed by atoms with E-state index in [4.69, 9.17) is 16.9 Å². The second-order valence-electron chi connectivity index (χ2n) is 5.04. The molecule has 0 unspecified atom stereocenters. The Labute approximate surface area is 149 Å². The van der Waals surface area contributed by atoms with Crippen LogP contribution in [0.1, 0.15) is 15.9 Å². The lowest BCUT2D eigenvalue weighted by molar-refractivity contribution is 0.102. The molecule has 0 spiro atoms. The molecule has 0 saturated carbocycles. The fraction of sp³-hybridized carbons (Fsp3) is 0. The second-order valence-corrected chi connectivity index (χ2v) is 5.45. The molecule has 7 heteroatoms. The summed E-state index contributed by atoms with van der Waals surface area (Å²) in [6.45, 7) is 0. The Hall–Kier alpha value is -3.43. The minimum Gasteiger partial charge on any atom is -0.324 e. The van der Waals surface area contributed by atoms with Gasteiger partial charge in [0.25, 0.3) is 5.91 Å². The number of hydrogen-bond donors (Lipinski definition) is 2. The van der Waals surface area contributed by atoms with Gasteiger partial charge in [-0.25, -0.2) is 9.97 Å². The molecule has 6 nitrogen and oxygen atoms in total. The summed E-state index contributed by atoms with van der Waals surface area (Å²) in [5.41, 5.74) is 2.14. The average molecular weight is 350 g/mol. The SMILES string of the molecule is N#Cc1ccc(Nc2ncc(C(=O)Nc3ccccc3Cl)cn2)cc1. The molecule has 0 atom stereocenters. The minimum atomic E-state index is -0.349. The van der Waals surface area contributed by atoms with Crippen LogP contribution >= 0.6 is 11.6 Å². The standard InChI is InChI=1S/C18H12ClN5O/c19-15-3-1-2-4-16(15)24-17(25)13-10-21-18(22-11-13)23-14-7-5-12(9-20)6-8-14/h1-8,10-11H,(H,24,25)(H,21,22,23). The zero-order valence-corrected chi connectivity index (χ0v) is 13.7. The molecule has 2 N–H and O–H groups in total. The fourth-order valence-corrected chi connectivity index (χ4v) is 2.21. The van der Waals surface area contributed by atoms with Crippen LogP contribution in [-0.2, 0) is 0 Å². The average Bonchev–Trinajstić information content (AvgIpc) is 2.65. The highest BCUT2D eigenvalue weighted by atomic mass is 35.5. The van der Waals surface area contributed by atoms with Gasteiger partial charge in [-0.2, -0.15) is 5.26 Å². The van der Waals surface area contributed by atoms with E-state index >= 15 is 0 Å². The Morgan fingerprint density at radius 1 is 1.04 bits per heavy atom. The molecule has 0 aliphatic rings. The van der Waals surface area contributed by atoms with Gasteiger partial charge in [0.15, 0.2) is 0 Å². The third kappa shape index (κ3) is 4.10. The normalized spacial score (nSPS) is 9.92. The number of nitrogens with one attached hydrogen (secondary N) is 2. The lowest BCUT2D eigenvalue weighted by Gasteiger charge is -2.08. The van der Waals surface area contributed by atoms with Gasteiger partial charge in [-0.15, -0.1) is 0 Å². The highest BCUT2D eigenvalue weighted by molar-refractivity contribution is 6.33. The van der Waals surface area contributed by atoms with E-state index in [2.05, 4.69) is 20.6 Å². The predicted molar refractivity (Wildman–Crippen MR) is 95.9 cm³/mol. The van der Waals surface area contributed by atoms with E-state index in [1.165, 1.54) is 12.4 Å². The Bertz CT molecular complexity index is 933. The first-order chi connectivity index (χ1) is 12.2. The summed E-state index contributed by atoms with van der Waals surface area (Å²) in [7, 11) is 0. The van der Waals surface area contributed by atoms with Crippen LogP contribution in [0.2, 0.25) is 5.02 Å². The first-order valence-corrected chi connectivity index (χ1v) is 7.68. The van der Waals surface area contributed by atoms with Gasteiger partial charge in [0.2, 0.25) is 5.95 Å². The monoisotopic (exact) mass is 349 g/mol. The number of anilines is 3. The number of carbonyl (C=O) groups excluding carboxylic acids is 1. The first kappa shape index (κ1) is 16.4. The zero-order chi connectivity index (χ0) is 17.6. The number of aromatic nitrogens is 2. The van der Waals surface area contributed by atoms with Crippen molar-refractivity contribution in [2.75, 3.05) is 10.6 Å². The molecule has 3 aromatic rings. The van der Waals surface area contributed by atoms with E-state index in [1.54, 1.807) is 48.5 Å². The number of nitriles is 1. The smallest absolute Gasteiger partial charge is 0.258 e. The molecule has 2 aromatic carbocycles. The van der Waals surface area contributed by atoms with E-state index in [9.17, 15) is 4.79 Å². The van der Waals surface area contributed by atoms with Crippen molar-refractivity contribution in [2.45, 2.75) is 0 Å². The second kappa shape index (κ2) is 7.43. The summed E-state index contributed by atoms with van der Waals surface area (Å²) in [5, 5.41) is 14.9. The number of rotatable bonds is 4. The zero-order valence-electron chi connectivity index (χ0n) is 12.9. The van der Waals surface area contributed by atoms with Crippen molar-refractivity contribution in [3.8, 4) is 6.07 Å². The summed E-state index contributed by atoms with van der Waals surface area (Å²) >= 11 is 6.02. The third-order valence-electron chi connectivity index (χ3n) is 3.31. The van der Waals surface area contributed by atoms with Gasteiger partial charge in [-0.05, 0) is 36.4 Å². The molecule has 1 aromatic heterocycles. The molecule has 0 aliphatic heterocycles. The van der Waals surface area contributed by atoms with Crippen molar-refractivity contribution in [3.63, 3.8) is 0 Å². The van der Waals surface area contributed by atoms with Crippen molar-refractivity contribution >= 4 is 34.8 Å². The Balaban J connectivity index is 1.68. The molecule has 3 rings (SSSR count). The quantitative estimate of drug-likeness (QED) is 0.743. The number of amides is 1. The Morgan fingerprint density at radius 2 is 1.72 bits per heavy atom. The molecular weight excluding hydrogens is 338 g/mol. The Kier molecular flexibility index (Phi) is 4.88. The largest absolute Gasteiger partial charge is 0.324 e. The summed E-state index contributed by atoms with van der Waals surface area (Å²) in [4.78, 5) is 20.4. The molecule has 1 heterocycles. The summed E-state index contributed by atoms with van der Waals surface area (Å²) in [6.07, 6.45) is 2.84. The third-order valence-corrected chi connectivity index (χ3v) is 3.64. The van der Waals surface area contributed by atoms with E-state index < -0.39 is 0 Å². The molecule has 25 heavy (non-hydrogen) atoms. The van der Waals surface area contributed by atoms with Crippen LogP contribution in [0.5, 0.6) is 0 Å². The van der Waals surface area contributed by atoms with Crippen molar-refractivity contribution in [1.82, 2.24) is 9.97 Å². The minimum absolute atomic E-state index is 0.310. The van der Waals surface area contributed by atoms with Crippen LogP contribution in [0, 0.1) is 11.3 Å². The van der Waals surface area contributed by atoms with E-state index in [1.807, 2.05) is 6.07 Å². The summed E-state index contributed by atoms with van der Waals surface area (Å²) in [6, 6.07) is 15.9. The predicted octanol–water partition coefficient (Wildman–Crippen LogP) is 4.00. The van der Waals surface area contributed by atoms with Crippen LogP contribution < -0.4 is 10.6 Å². The van der Waals surface area contributed by atoms with Crippen molar-refractivity contribution in [1.29, 1.82) is 5.26 Å². The number of nitrogens with zero attached hydrogens (tertiary/aromatic N) is 3. The highest BCUT2D eigenvalue weighted by Gasteiger charge is 2.09. The first-order valence-electron chi connectivity index (χ1n) is 7.31. The van der Waals surface area contributed by atoms with E-state index in [0.29, 0.717) is 27.8 Å². The van der Waals surface area contributed by atoms with Crippen molar-refractivity contribution < 1.29 is 4.79 Å². The molecule has 0 saturated heterocycles. The molecule has 0 radical (unpaired) electrons. The Morgan fingerprint density at radius 3 is 2.36 bits per heavy atom. The van der Waals surface area contributed by atoms with Gasteiger partial charge in [0.1, 0.15) is 0 Å². The summed E-state index contributed by atoms with van der Waals surface area (Å²) < 4.78 is 0. The molecular formula is C18H12ClN5O. The number of para-hydroxylation sites is 1. The van der Waals surface area contributed by atoms with Crippen molar-refractivity contribution in [3.05, 3.63) is 77.1 Å². The molecule has 122 valence electrons. The molecule has 0 aliphatic carbocycles. The van der Waals surface area contributed by atoms with Crippen LogP contribution in [-0.4, -0.2) is 15.9 Å². The molecule has 0 bridgehead atoms. The maximum absolute atomic E-state index is 12.2. The van der Waals surface area contributed by atoms with Crippen LogP contribution in [0.4, 0.5) is 17.3 Å². The molecule has 1 amide bonds. The number of carbonyl (C=O) groups is 1. The van der Waals surface area contributed by atoms with Gasteiger partial charge in [-0.3, -0.25) is 4.79 Å². The summed E-state index contributed by atoms with van der Waals surface area (Å²) in [5.74, 6) is -0.00276. The maximum Gasteiger partial charge on any atom is 0.258 e. The lowest BCUT2D eigenvalue weighted by Crippen LogP contribution is -2.13. The number of benzene rings is 2. The van der Waals surface area contributed by atoms with Crippen LogP contribution in [0.3, 0.4) is 0 Å². The number of hydrogen-bond acceptors (Lipinski definition) is 5.